The molecule has 0 spiro atoms. The number of carbonyl (C=O) groups is 2. The lowest BCUT2D eigenvalue weighted by molar-refractivity contribution is -0.146. The molecule has 2 aliphatic rings. The summed E-state index contributed by atoms with van der Waals surface area (Å²) in [5.41, 5.74) is 0.741. The number of fused-ring (bicyclic) bond motifs is 1. The first-order valence-corrected chi connectivity index (χ1v) is 12.3. The molecule has 0 aliphatic heterocycles. The highest BCUT2D eigenvalue weighted by Gasteiger charge is 2.52. The van der Waals surface area contributed by atoms with E-state index in [4.69, 9.17) is 16.0 Å². The highest BCUT2D eigenvalue weighted by Crippen LogP contribution is 2.45. The number of aromatic hydroxyl groups is 1. The van der Waals surface area contributed by atoms with Crippen molar-refractivity contribution in [1.29, 1.82) is 0 Å². The van der Waals surface area contributed by atoms with Gasteiger partial charge in [0, 0.05) is 32.1 Å². The molecule has 33 heavy (non-hydrogen) atoms. The van der Waals surface area contributed by atoms with Crippen LogP contribution in [0.2, 0.25) is 5.02 Å². The van der Waals surface area contributed by atoms with E-state index in [1.54, 1.807) is 6.26 Å². The zero-order valence-corrected chi connectivity index (χ0v) is 20.2. The Morgan fingerprint density at radius 1 is 1.15 bits per heavy atom. The number of nitrogens with zero attached hydrogens (tertiary/aromatic N) is 1. The molecule has 0 amide bonds. The minimum absolute atomic E-state index is 0.00983. The van der Waals surface area contributed by atoms with Crippen molar-refractivity contribution in [2.75, 3.05) is 19.4 Å². The van der Waals surface area contributed by atoms with E-state index in [-0.39, 0.29) is 22.2 Å². The molecular weight excluding hydrogens is 470 g/mol. The molecule has 11 heteroatoms. The molecule has 178 valence electrons. The van der Waals surface area contributed by atoms with Crippen LogP contribution in [0.3, 0.4) is 0 Å². The van der Waals surface area contributed by atoms with Crippen LogP contribution in [-0.2, 0) is 26.0 Å². The van der Waals surface area contributed by atoms with Gasteiger partial charge in [-0.3, -0.25) is 14.9 Å². The first-order valence-electron chi connectivity index (χ1n) is 10.5. The second kappa shape index (κ2) is 8.12. The van der Waals surface area contributed by atoms with Gasteiger partial charge in [-0.05, 0) is 30.0 Å². The number of hydrogen-bond donors (Lipinski definition) is 3. The molecule has 3 N–H and O–H groups in total. The van der Waals surface area contributed by atoms with Crippen LogP contribution in [0.25, 0.3) is 0 Å². The fraction of sp³-hybridized carbons (Fsp3) is 0.455. The molecule has 3 atom stereocenters. The number of phenols is 1. The van der Waals surface area contributed by atoms with Gasteiger partial charge in [-0.15, -0.1) is 0 Å². The molecule has 2 aliphatic carbocycles. The molecule has 0 saturated heterocycles. The minimum Gasteiger partial charge on any atom is -0.504 e. The molecule has 1 saturated carbocycles. The van der Waals surface area contributed by atoms with Gasteiger partial charge in [-0.1, -0.05) is 25.4 Å². The number of nitrogens with one attached hydrogen (secondary N) is 2. The summed E-state index contributed by atoms with van der Waals surface area (Å²) in [5, 5.41) is 16.7. The number of carbonyl (C=O) groups excluding carboxylic acids is 2. The van der Waals surface area contributed by atoms with Gasteiger partial charge < -0.3 is 14.8 Å². The SMILES string of the molecule is CN(C)S(=O)(=O)c1c(Cl)ccc(NC2C(=O)C(=O)C2NC2c3ccoc3CCC2(C)C)c1O. The minimum atomic E-state index is -4.05. The molecule has 0 bridgehead atoms. The summed E-state index contributed by atoms with van der Waals surface area (Å²) in [4.78, 5) is 24.5. The van der Waals surface area contributed by atoms with Crippen molar-refractivity contribution < 1.29 is 27.5 Å². The van der Waals surface area contributed by atoms with Crippen molar-refractivity contribution in [3.05, 3.63) is 40.8 Å². The van der Waals surface area contributed by atoms with Gasteiger partial charge in [0.15, 0.2) is 5.75 Å². The summed E-state index contributed by atoms with van der Waals surface area (Å²) in [6, 6.07) is 2.49. The maximum Gasteiger partial charge on any atom is 0.247 e. The number of rotatable bonds is 6. The van der Waals surface area contributed by atoms with Gasteiger partial charge in [0.05, 0.1) is 17.0 Å². The topological polar surface area (TPSA) is 129 Å². The lowest BCUT2D eigenvalue weighted by Gasteiger charge is -2.44. The monoisotopic (exact) mass is 495 g/mol. The van der Waals surface area contributed by atoms with Crippen LogP contribution in [0.5, 0.6) is 5.75 Å². The molecule has 4 rings (SSSR count). The Morgan fingerprint density at radius 2 is 1.82 bits per heavy atom. The van der Waals surface area contributed by atoms with E-state index in [1.165, 1.54) is 26.2 Å². The Morgan fingerprint density at radius 3 is 2.48 bits per heavy atom. The zero-order chi connectivity index (χ0) is 24.3. The van der Waals surface area contributed by atoms with Crippen molar-refractivity contribution in [1.82, 2.24) is 9.62 Å². The van der Waals surface area contributed by atoms with Gasteiger partial charge in [0.2, 0.25) is 21.6 Å². The first kappa shape index (κ1) is 23.7. The maximum atomic E-state index is 12.6. The zero-order valence-electron chi connectivity index (χ0n) is 18.7. The number of aryl methyl sites for hydroxylation is 1. The molecule has 1 fully saturated rings. The van der Waals surface area contributed by atoms with Gasteiger partial charge in [-0.2, -0.15) is 0 Å². The van der Waals surface area contributed by atoms with Gasteiger partial charge >= 0.3 is 0 Å². The van der Waals surface area contributed by atoms with E-state index < -0.39 is 44.3 Å². The Balaban J connectivity index is 1.63. The summed E-state index contributed by atoms with van der Waals surface area (Å²) in [7, 11) is -1.43. The number of ketones is 2. The van der Waals surface area contributed by atoms with Crippen molar-refractivity contribution in [3.63, 3.8) is 0 Å². The lowest BCUT2D eigenvalue weighted by atomic mass is 9.71. The Kier molecular flexibility index (Phi) is 5.84. The van der Waals surface area contributed by atoms with Crippen LogP contribution in [0.1, 0.15) is 37.6 Å². The van der Waals surface area contributed by atoms with Crippen molar-refractivity contribution in [3.8, 4) is 5.75 Å². The number of phenolic OH excluding ortho intramolecular Hbond substituents is 1. The number of benzene rings is 1. The summed E-state index contributed by atoms with van der Waals surface area (Å²) >= 11 is 6.06. The van der Waals surface area contributed by atoms with Crippen LogP contribution in [-0.4, -0.2) is 55.6 Å². The predicted molar refractivity (Wildman–Crippen MR) is 122 cm³/mol. The van der Waals surface area contributed by atoms with E-state index in [2.05, 4.69) is 24.5 Å². The van der Waals surface area contributed by atoms with E-state index in [0.717, 1.165) is 28.5 Å². The molecule has 1 aromatic carbocycles. The van der Waals surface area contributed by atoms with Gasteiger partial charge in [0.1, 0.15) is 22.7 Å². The fourth-order valence-corrected chi connectivity index (χ4v) is 5.88. The van der Waals surface area contributed by atoms with Gasteiger partial charge in [-0.25, -0.2) is 12.7 Å². The second-order valence-electron chi connectivity index (χ2n) is 9.28. The highest BCUT2D eigenvalue weighted by atomic mass is 35.5. The second-order valence-corrected chi connectivity index (χ2v) is 11.8. The summed E-state index contributed by atoms with van der Waals surface area (Å²) < 4.78 is 31.7. The van der Waals surface area contributed by atoms with Crippen LogP contribution in [0.4, 0.5) is 5.69 Å². The molecule has 1 aromatic heterocycles. The Labute approximate surface area is 197 Å². The third kappa shape index (κ3) is 3.84. The number of hydrogen-bond acceptors (Lipinski definition) is 8. The van der Waals surface area contributed by atoms with Crippen LogP contribution in [0, 0.1) is 5.41 Å². The van der Waals surface area contributed by atoms with Crippen molar-refractivity contribution in [2.24, 2.45) is 5.41 Å². The van der Waals surface area contributed by atoms with E-state index in [9.17, 15) is 23.1 Å². The van der Waals surface area contributed by atoms with Crippen LogP contribution in [0.15, 0.2) is 33.8 Å². The summed E-state index contributed by atoms with van der Waals surface area (Å²) in [6.45, 7) is 4.16. The quantitative estimate of drug-likeness (QED) is 0.412. The van der Waals surface area contributed by atoms with Crippen molar-refractivity contribution >= 4 is 38.9 Å². The number of Topliss-reactive ketones (excluding diaryl/α,β-unsaturated/α-hetero) is 2. The predicted octanol–water partition coefficient (Wildman–Crippen LogP) is 2.49. The molecule has 2 aromatic rings. The van der Waals surface area contributed by atoms with E-state index in [0.29, 0.717) is 0 Å². The number of sulfonamides is 1. The summed E-state index contributed by atoms with van der Waals surface area (Å²) in [6.07, 6.45) is 3.24. The van der Waals surface area contributed by atoms with Gasteiger partial charge in [0.25, 0.3) is 0 Å². The average molecular weight is 496 g/mol. The van der Waals surface area contributed by atoms with E-state index >= 15 is 0 Å². The van der Waals surface area contributed by atoms with Crippen LogP contribution < -0.4 is 10.6 Å². The Hall–Kier alpha value is -2.40. The van der Waals surface area contributed by atoms with Crippen LogP contribution >= 0.6 is 11.6 Å². The molecule has 3 unspecified atom stereocenters. The first-order chi connectivity index (χ1) is 15.4. The molecular formula is C22H26ClN3O6S. The third-order valence-corrected chi connectivity index (χ3v) is 8.81. The van der Waals surface area contributed by atoms with E-state index in [1.807, 2.05) is 6.07 Å². The standard InChI is InChI=1S/C22H26ClN3O6S/c1-22(2)9-7-14-11(8-10-32-14)21(22)25-16-15(18(28)19(16)29)24-13-6-5-12(23)20(17(13)27)33(30,31)26(3)4/h5-6,8,10,15-16,21,24-25,27H,7,9H2,1-4H3. The number of furan rings is 1. The highest BCUT2D eigenvalue weighted by molar-refractivity contribution is 7.89. The molecule has 0 radical (unpaired) electrons. The third-order valence-electron chi connectivity index (χ3n) is 6.49. The number of halogens is 1. The number of anilines is 1. The Bertz CT molecular complexity index is 1240. The molecule has 1 heterocycles. The maximum absolute atomic E-state index is 12.6. The average Bonchev–Trinajstić information content (AvgIpc) is 3.21. The molecule has 9 nitrogen and oxygen atoms in total. The normalized spacial score (nSPS) is 24.5. The fourth-order valence-electron chi connectivity index (χ4n) is 4.40. The smallest absolute Gasteiger partial charge is 0.247 e. The lowest BCUT2D eigenvalue weighted by Crippen LogP contribution is -2.68. The van der Waals surface area contributed by atoms with Crippen molar-refractivity contribution in [2.45, 2.75) is 49.7 Å². The largest absolute Gasteiger partial charge is 0.504 e. The summed E-state index contributed by atoms with van der Waals surface area (Å²) in [5.74, 6) is -0.992.